The molecule has 0 fully saturated rings. The van der Waals surface area contributed by atoms with Crippen LogP contribution in [0.25, 0.3) is 5.57 Å². The van der Waals surface area contributed by atoms with Gasteiger partial charge in [-0.2, -0.15) is 0 Å². The Balaban J connectivity index is 2.21. The average molecular weight is 213 g/mol. The molecule has 0 radical (unpaired) electrons. The van der Waals surface area contributed by atoms with Crippen LogP contribution in [0, 0.1) is 0 Å². The molecule has 1 amide bonds. The number of carbonyl (C=O) groups excluding carboxylic acids is 1. The Bertz CT molecular complexity index is 475. The first-order chi connectivity index (χ1) is 7.79. The Morgan fingerprint density at radius 3 is 2.81 bits per heavy atom. The molecule has 0 bridgehead atoms. The molecule has 2 aliphatic rings. The number of fused-ring (bicyclic) bond motifs is 3. The van der Waals surface area contributed by atoms with Crippen LogP contribution in [-0.4, -0.2) is 23.9 Å². The predicted molar refractivity (Wildman–Crippen MR) is 64.2 cm³/mol. The van der Waals surface area contributed by atoms with Crippen LogP contribution in [0.2, 0.25) is 0 Å². The molecule has 1 unspecified atom stereocenters. The van der Waals surface area contributed by atoms with Crippen LogP contribution in [-0.2, 0) is 0 Å². The topological polar surface area (TPSA) is 20.3 Å². The van der Waals surface area contributed by atoms with E-state index in [1.165, 1.54) is 12.0 Å². The summed E-state index contributed by atoms with van der Waals surface area (Å²) >= 11 is 0. The van der Waals surface area contributed by atoms with Gasteiger partial charge in [-0.1, -0.05) is 24.3 Å². The van der Waals surface area contributed by atoms with Crippen molar-refractivity contribution in [1.29, 1.82) is 0 Å². The van der Waals surface area contributed by atoms with E-state index >= 15 is 0 Å². The van der Waals surface area contributed by atoms with E-state index in [9.17, 15) is 4.79 Å². The predicted octanol–water partition coefficient (Wildman–Crippen LogP) is 2.71. The molecule has 2 heteroatoms. The number of hydrogen-bond acceptors (Lipinski definition) is 1. The van der Waals surface area contributed by atoms with Crippen LogP contribution in [0.4, 0.5) is 0 Å². The van der Waals surface area contributed by atoms with E-state index in [-0.39, 0.29) is 5.91 Å². The second-order valence-corrected chi connectivity index (χ2v) is 4.57. The summed E-state index contributed by atoms with van der Waals surface area (Å²) < 4.78 is 0. The molecule has 0 saturated heterocycles. The zero-order valence-corrected chi connectivity index (χ0v) is 9.44. The van der Waals surface area contributed by atoms with Crippen molar-refractivity contribution in [3.8, 4) is 0 Å². The molecular formula is C14H15NO. The number of amides is 1. The molecule has 0 saturated carbocycles. The van der Waals surface area contributed by atoms with Gasteiger partial charge in [-0.15, -0.1) is 0 Å². The van der Waals surface area contributed by atoms with E-state index < -0.39 is 0 Å². The number of likely N-dealkylation sites (N-methyl/N-ethyl adjacent to an activating group) is 1. The van der Waals surface area contributed by atoms with Gasteiger partial charge in [0.25, 0.3) is 5.91 Å². The second kappa shape index (κ2) is 3.48. The van der Waals surface area contributed by atoms with Gasteiger partial charge in [-0.05, 0) is 36.5 Å². The monoisotopic (exact) mass is 213 g/mol. The van der Waals surface area contributed by atoms with E-state index in [2.05, 4.69) is 12.1 Å². The summed E-state index contributed by atoms with van der Waals surface area (Å²) in [6, 6.07) is 8.26. The maximum Gasteiger partial charge on any atom is 0.254 e. The maximum absolute atomic E-state index is 12.2. The highest BCUT2D eigenvalue weighted by Crippen LogP contribution is 2.36. The lowest BCUT2D eigenvalue weighted by Gasteiger charge is -2.38. The molecule has 16 heavy (non-hydrogen) atoms. The summed E-state index contributed by atoms with van der Waals surface area (Å²) in [5, 5.41) is 0. The van der Waals surface area contributed by atoms with Crippen LogP contribution in [0.3, 0.4) is 0 Å². The van der Waals surface area contributed by atoms with Crippen LogP contribution >= 0.6 is 0 Å². The zero-order chi connectivity index (χ0) is 11.1. The summed E-state index contributed by atoms with van der Waals surface area (Å²) in [6.07, 6.45) is 5.73. The first kappa shape index (κ1) is 9.64. The highest BCUT2D eigenvalue weighted by Gasteiger charge is 2.33. The fourth-order valence-electron chi connectivity index (χ4n) is 2.80. The molecule has 1 atom stereocenters. The van der Waals surface area contributed by atoms with Crippen molar-refractivity contribution < 1.29 is 4.79 Å². The standard InChI is InChI=1S/C14H15NO/c1-15-13-9-5-4-7-11(13)10-6-2-3-8-12(10)14(15)16/h2-3,6-8,13H,4-5,9H2,1H3. The maximum atomic E-state index is 12.2. The van der Waals surface area contributed by atoms with E-state index in [0.29, 0.717) is 6.04 Å². The fraction of sp³-hybridized carbons (Fsp3) is 0.357. The average Bonchev–Trinajstić information content (AvgIpc) is 2.36. The van der Waals surface area contributed by atoms with Gasteiger partial charge in [0.05, 0.1) is 6.04 Å². The lowest BCUT2D eigenvalue weighted by molar-refractivity contribution is 0.0746. The summed E-state index contributed by atoms with van der Waals surface area (Å²) in [4.78, 5) is 14.1. The van der Waals surface area contributed by atoms with Crippen molar-refractivity contribution in [3.05, 3.63) is 41.5 Å². The Labute approximate surface area is 95.6 Å². The minimum absolute atomic E-state index is 0.166. The minimum atomic E-state index is 0.166. The number of allylic oxidation sites excluding steroid dienone is 1. The van der Waals surface area contributed by atoms with E-state index in [4.69, 9.17) is 0 Å². The van der Waals surface area contributed by atoms with Crippen molar-refractivity contribution in [2.24, 2.45) is 0 Å². The number of rotatable bonds is 0. The number of hydrogen-bond donors (Lipinski definition) is 0. The van der Waals surface area contributed by atoms with Gasteiger partial charge in [0.1, 0.15) is 0 Å². The fourth-order valence-corrected chi connectivity index (χ4v) is 2.80. The Kier molecular flexibility index (Phi) is 2.10. The minimum Gasteiger partial charge on any atom is -0.335 e. The van der Waals surface area contributed by atoms with E-state index in [1.807, 2.05) is 30.1 Å². The van der Waals surface area contributed by atoms with E-state index in [1.54, 1.807) is 0 Å². The molecule has 2 nitrogen and oxygen atoms in total. The summed E-state index contributed by atoms with van der Waals surface area (Å²) in [5.74, 6) is 0.166. The van der Waals surface area contributed by atoms with Gasteiger partial charge >= 0.3 is 0 Å². The largest absolute Gasteiger partial charge is 0.335 e. The van der Waals surface area contributed by atoms with Gasteiger partial charge in [0, 0.05) is 12.6 Å². The third kappa shape index (κ3) is 1.22. The molecule has 0 aromatic heterocycles. The van der Waals surface area contributed by atoms with Crippen LogP contribution < -0.4 is 0 Å². The molecule has 0 spiro atoms. The molecule has 1 heterocycles. The third-order valence-corrected chi connectivity index (χ3v) is 3.66. The van der Waals surface area contributed by atoms with Gasteiger partial charge in [-0.3, -0.25) is 4.79 Å². The second-order valence-electron chi connectivity index (χ2n) is 4.57. The Hall–Kier alpha value is -1.57. The van der Waals surface area contributed by atoms with Crippen molar-refractivity contribution >= 4 is 11.5 Å². The molecule has 82 valence electrons. The molecule has 0 N–H and O–H groups in total. The highest BCUT2D eigenvalue weighted by molar-refractivity contribution is 6.03. The zero-order valence-electron chi connectivity index (χ0n) is 9.44. The molecule has 1 aliphatic heterocycles. The summed E-state index contributed by atoms with van der Waals surface area (Å²) in [7, 11) is 1.92. The van der Waals surface area contributed by atoms with Crippen molar-refractivity contribution in [3.63, 3.8) is 0 Å². The molecular weight excluding hydrogens is 198 g/mol. The Morgan fingerprint density at radius 2 is 2.00 bits per heavy atom. The molecule has 3 rings (SSSR count). The van der Waals surface area contributed by atoms with Crippen LogP contribution in [0.5, 0.6) is 0 Å². The number of nitrogens with zero attached hydrogens (tertiary/aromatic N) is 1. The van der Waals surface area contributed by atoms with Crippen molar-refractivity contribution in [1.82, 2.24) is 4.90 Å². The quantitative estimate of drug-likeness (QED) is 0.649. The van der Waals surface area contributed by atoms with Gasteiger partial charge in [0.2, 0.25) is 0 Å². The smallest absolute Gasteiger partial charge is 0.254 e. The van der Waals surface area contributed by atoms with Crippen LogP contribution in [0.1, 0.15) is 35.2 Å². The summed E-state index contributed by atoms with van der Waals surface area (Å²) in [5.41, 5.74) is 3.36. The van der Waals surface area contributed by atoms with Crippen LogP contribution in [0.15, 0.2) is 30.3 Å². The lowest BCUT2D eigenvalue weighted by Crippen LogP contribution is -2.42. The van der Waals surface area contributed by atoms with Gasteiger partial charge < -0.3 is 4.90 Å². The SMILES string of the molecule is CN1C(=O)c2ccccc2C2=CCCCC21. The first-order valence-electron chi connectivity index (χ1n) is 5.85. The number of benzene rings is 1. The van der Waals surface area contributed by atoms with Crippen molar-refractivity contribution in [2.75, 3.05) is 7.05 Å². The lowest BCUT2D eigenvalue weighted by atomic mass is 9.82. The van der Waals surface area contributed by atoms with Gasteiger partial charge in [-0.25, -0.2) is 0 Å². The third-order valence-electron chi connectivity index (χ3n) is 3.66. The molecule has 1 aromatic rings. The number of carbonyl (C=O) groups is 1. The normalized spacial score (nSPS) is 23.6. The first-order valence-corrected chi connectivity index (χ1v) is 5.85. The highest BCUT2D eigenvalue weighted by atomic mass is 16.2. The van der Waals surface area contributed by atoms with E-state index in [0.717, 1.165) is 24.0 Å². The van der Waals surface area contributed by atoms with Crippen molar-refractivity contribution in [2.45, 2.75) is 25.3 Å². The van der Waals surface area contributed by atoms with Gasteiger partial charge in [0.15, 0.2) is 0 Å². The molecule has 1 aromatic carbocycles. The Morgan fingerprint density at radius 1 is 1.25 bits per heavy atom. The molecule has 1 aliphatic carbocycles. The summed E-state index contributed by atoms with van der Waals surface area (Å²) in [6.45, 7) is 0.